The number of hydrogen-bond acceptors (Lipinski definition) is 1. The fourth-order valence-electron chi connectivity index (χ4n) is 4.86. The van der Waals surface area contributed by atoms with Crippen molar-refractivity contribution in [3.63, 3.8) is 0 Å². The Hall–Kier alpha value is -0.770. The van der Waals surface area contributed by atoms with E-state index >= 15 is 0 Å². The number of rotatable bonds is 3. The summed E-state index contributed by atoms with van der Waals surface area (Å²) >= 11 is 0. The molecule has 0 spiro atoms. The van der Waals surface area contributed by atoms with Gasteiger partial charge in [-0.25, -0.2) is 0 Å². The Morgan fingerprint density at radius 2 is 2.12 bits per heavy atom. The first-order valence-electron chi connectivity index (χ1n) is 6.41. The van der Waals surface area contributed by atoms with Gasteiger partial charge in [0.05, 0.1) is 6.07 Å². The van der Waals surface area contributed by atoms with Crippen LogP contribution in [0, 0.1) is 33.5 Å². The maximum absolute atomic E-state index is 9.21. The van der Waals surface area contributed by atoms with Crippen LogP contribution in [0.4, 0.5) is 0 Å². The van der Waals surface area contributed by atoms with Gasteiger partial charge in [0, 0.05) is 6.42 Å². The molecule has 0 aromatic heterocycles. The molecule has 2 aliphatic rings. The van der Waals surface area contributed by atoms with E-state index in [0.29, 0.717) is 17.3 Å². The van der Waals surface area contributed by atoms with E-state index in [2.05, 4.69) is 33.4 Å². The minimum atomic E-state index is 0.166. The highest BCUT2D eigenvalue weighted by molar-refractivity contribution is 5.19. The summed E-state index contributed by atoms with van der Waals surface area (Å²) in [7, 11) is 0. The van der Waals surface area contributed by atoms with Gasteiger partial charge in [-0.3, -0.25) is 0 Å². The third-order valence-corrected chi connectivity index (χ3v) is 6.02. The Labute approximate surface area is 99.5 Å². The summed E-state index contributed by atoms with van der Waals surface area (Å²) in [5, 5.41) is 9.21. The summed E-state index contributed by atoms with van der Waals surface area (Å²) in [4.78, 5) is 0. The molecule has 0 aromatic rings. The zero-order valence-electron chi connectivity index (χ0n) is 10.8. The zero-order valence-corrected chi connectivity index (χ0v) is 10.8. The van der Waals surface area contributed by atoms with Crippen molar-refractivity contribution in [3.05, 3.63) is 12.7 Å². The number of allylic oxidation sites excluding steroid dienone is 1. The van der Waals surface area contributed by atoms with Gasteiger partial charge in [0.25, 0.3) is 0 Å². The minimum Gasteiger partial charge on any atom is -0.198 e. The van der Waals surface area contributed by atoms with Gasteiger partial charge in [-0.2, -0.15) is 5.26 Å². The van der Waals surface area contributed by atoms with E-state index in [-0.39, 0.29) is 5.41 Å². The van der Waals surface area contributed by atoms with Crippen molar-refractivity contribution in [1.29, 1.82) is 5.26 Å². The highest BCUT2D eigenvalue weighted by atomic mass is 14.7. The summed E-state index contributed by atoms with van der Waals surface area (Å²) in [6.45, 7) is 11.1. The zero-order chi connectivity index (χ0) is 12.0. The molecule has 88 valence electrons. The van der Waals surface area contributed by atoms with Crippen LogP contribution < -0.4 is 0 Å². The second-order valence-electron chi connectivity index (χ2n) is 6.63. The number of hydrogen-bond donors (Lipinski definition) is 0. The lowest BCUT2D eigenvalue weighted by Gasteiger charge is -2.53. The SMILES string of the molecule is C=CCC1(CC#N)C2(C)CCC(C2)C1(C)C. The predicted octanol–water partition coefficient (Wildman–Crippen LogP) is 4.31. The van der Waals surface area contributed by atoms with Crippen LogP contribution in [0.5, 0.6) is 0 Å². The molecule has 3 atom stereocenters. The highest BCUT2D eigenvalue weighted by Crippen LogP contribution is 2.74. The Morgan fingerprint density at radius 1 is 1.44 bits per heavy atom. The fraction of sp³-hybridized carbons (Fsp3) is 0.800. The average molecular weight is 217 g/mol. The first-order chi connectivity index (χ1) is 7.43. The van der Waals surface area contributed by atoms with E-state index in [1.54, 1.807) is 0 Å². The van der Waals surface area contributed by atoms with Crippen molar-refractivity contribution in [1.82, 2.24) is 0 Å². The molecule has 0 heterocycles. The molecule has 0 amide bonds. The van der Waals surface area contributed by atoms with Crippen LogP contribution in [0.1, 0.15) is 52.9 Å². The molecular formula is C15H23N. The molecule has 2 bridgehead atoms. The lowest BCUT2D eigenvalue weighted by molar-refractivity contribution is -0.0391. The van der Waals surface area contributed by atoms with Crippen LogP contribution in [-0.4, -0.2) is 0 Å². The van der Waals surface area contributed by atoms with Crippen molar-refractivity contribution in [2.24, 2.45) is 22.2 Å². The molecule has 2 saturated carbocycles. The van der Waals surface area contributed by atoms with Gasteiger partial charge in [-0.15, -0.1) is 6.58 Å². The Bertz CT molecular complexity index is 342. The Morgan fingerprint density at radius 3 is 2.56 bits per heavy atom. The van der Waals surface area contributed by atoms with E-state index in [9.17, 15) is 5.26 Å². The van der Waals surface area contributed by atoms with Crippen molar-refractivity contribution in [2.45, 2.75) is 52.9 Å². The van der Waals surface area contributed by atoms with Crippen LogP contribution in [0.3, 0.4) is 0 Å². The van der Waals surface area contributed by atoms with Crippen LogP contribution in [0.2, 0.25) is 0 Å². The summed E-state index contributed by atoms with van der Waals surface area (Å²) in [5.74, 6) is 0.811. The van der Waals surface area contributed by atoms with Crippen molar-refractivity contribution >= 4 is 0 Å². The van der Waals surface area contributed by atoms with Gasteiger partial charge in [-0.1, -0.05) is 26.8 Å². The molecule has 1 heteroatoms. The second-order valence-corrected chi connectivity index (χ2v) is 6.63. The van der Waals surface area contributed by atoms with Gasteiger partial charge >= 0.3 is 0 Å². The quantitative estimate of drug-likeness (QED) is 0.646. The molecule has 0 N–H and O–H groups in total. The lowest BCUT2D eigenvalue weighted by Crippen LogP contribution is -2.47. The van der Waals surface area contributed by atoms with E-state index in [1.807, 2.05) is 6.08 Å². The monoisotopic (exact) mass is 217 g/mol. The molecule has 3 unspecified atom stereocenters. The maximum atomic E-state index is 9.21. The summed E-state index contributed by atoms with van der Waals surface area (Å²) < 4.78 is 0. The van der Waals surface area contributed by atoms with Crippen molar-refractivity contribution in [2.75, 3.05) is 0 Å². The van der Waals surface area contributed by atoms with Crippen LogP contribution >= 0.6 is 0 Å². The molecule has 2 aliphatic carbocycles. The molecule has 0 aliphatic heterocycles. The molecule has 16 heavy (non-hydrogen) atoms. The molecule has 0 radical (unpaired) electrons. The first kappa shape index (κ1) is 11.7. The van der Waals surface area contributed by atoms with E-state index in [1.165, 1.54) is 19.3 Å². The van der Waals surface area contributed by atoms with Crippen LogP contribution in [0.15, 0.2) is 12.7 Å². The largest absolute Gasteiger partial charge is 0.198 e. The predicted molar refractivity (Wildman–Crippen MR) is 66.7 cm³/mol. The minimum absolute atomic E-state index is 0.166. The Balaban J connectivity index is 2.49. The topological polar surface area (TPSA) is 23.8 Å². The maximum Gasteiger partial charge on any atom is 0.0628 e. The fourth-order valence-corrected chi connectivity index (χ4v) is 4.86. The molecule has 1 nitrogen and oxygen atoms in total. The second kappa shape index (κ2) is 3.36. The molecule has 0 aromatic carbocycles. The standard InChI is InChI=1S/C15H23N/c1-5-7-15(9-10-16)13(2,3)12-6-8-14(15,4)11-12/h5,12H,1,6-9,11H2,2-4H3. The number of nitrogens with zero attached hydrogens (tertiary/aromatic N) is 1. The summed E-state index contributed by atoms with van der Waals surface area (Å²) in [6, 6.07) is 2.45. The molecule has 0 saturated heterocycles. The van der Waals surface area contributed by atoms with Crippen molar-refractivity contribution < 1.29 is 0 Å². The third-order valence-electron chi connectivity index (χ3n) is 6.02. The molecule has 2 fully saturated rings. The normalized spacial score (nSPS) is 44.2. The van der Waals surface area contributed by atoms with Crippen LogP contribution in [-0.2, 0) is 0 Å². The Kier molecular flexibility index (Phi) is 2.46. The van der Waals surface area contributed by atoms with Crippen LogP contribution in [0.25, 0.3) is 0 Å². The summed E-state index contributed by atoms with van der Waals surface area (Å²) in [6.07, 6.45) is 7.70. The highest BCUT2D eigenvalue weighted by Gasteiger charge is 2.67. The first-order valence-corrected chi connectivity index (χ1v) is 6.41. The number of nitriles is 1. The van der Waals surface area contributed by atoms with E-state index in [4.69, 9.17) is 0 Å². The summed E-state index contributed by atoms with van der Waals surface area (Å²) in [5.41, 5.74) is 0.828. The molecular weight excluding hydrogens is 194 g/mol. The van der Waals surface area contributed by atoms with E-state index in [0.717, 1.165) is 12.3 Å². The lowest BCUT2D eigenvalue weighted by atomic mass is 9.50. The smallest absolute Gasteiger partial charge is 0.0628 e. The molecule has 2 rings (SSSR count). The third kappa shape index (κ3) is 1.11. The van der Waals surface area contributed by atoms with Gasteiger partial charge in [0.2, 0.25) is 0 Å². The van der Waals surface area contributed by atoms with E-state index < -0.39 is 0 Å². The van der Waals surface area contributed by atoms with Gasteiger partial charge in [0.1, 0.15) is 0 Å². The van der Waals surface area contributed by atoms with Gasteiger partial charge < -0.3 is 0 Å². The van der Waals surface area contributed by atoms with Crippen molar-refractivity contribution in [3.8, 4) is 6.07 Å². The number of fused-ring (bicyclic) bond motifs is 2. The van der Waals surface area contributed by atoms with Gasteiger partial charge in [-0.05, 0) is 47.8 Å². The average Bonchev–Trinajstić information content (AvgIpc) is 2.66. The van der Waals surface area contributed by atoms with Gasteiger partial charge in [0.15, 0.2) is 0 Å².